The zero-order valence-electron chi connectivity index (χ0n) is 10.0. The van der Waals surface area contributed by atoms with Gasteiger partial charge in [0.25, 0.3) is 0 Å². The Morgan fingerprint density at radius 1 is 1.06 bits per heavy atom. The van der Waals surface area contributed by atoms with Gasteiger partial charge in [-0.1, -0.05) is 12.1 Å². The number of hydrogen-bond acceptors (Lipinski definition) is 4. The lowest BCUT2D eigenvalue weighted by Crippen LogP contribution is -2.16. The van der Waals surface area contributed by atoms with Crippen molar-refractivity contribution < 1.29 is 9.47 Å². The largest absolute Gasteiger partial charge is 0.486 e. The summed E-state index contributed by atoms with van der Waals surface area (Å²) in [6, 6.07) is 10.3. The fraction of sp³-hybridized carbons (Fsp3) is 0.286. The zero-order valence-corrected chi connectivity index (χ0v) is 10.8. The van der Waals surface area contributed by atoms with Gasteiger partial charge in [-0.25, -0.2) is 0 Å². The van der Waals surface area contributed by atoms with Crippen LogP contribution in [0.1, 0.15) is 10.4 Å². The van der Waals surface area contributed by atoms with Gasteiger partial charge in [0.1, 0.15) is 13.2 Å². The molecule has 1 aliphatic rings. The van der Waals surface area contributed by atoms with Crippen LogP contribution in [0.2, 0.25) is 0 Å². The minimum atomic E-state index is 0.638. The quantitative estimate of drug-likeness (QED) is 0.918. The molecule has 0 atom stereocenters. The molecular weight excluding hydrogens is 246 g/mol. The van der Waals surface area contributed by atoms with Crippen LogP contribution < -0.4 is 14.8 Å². The Morgan fingerprint density at radius 3 is 2.78 bits per heavy atom. The SMILES string of the molecule is c1csc(CNCc2ccc3c(c2)OCCO3)c1. The van der Waals surface area contributed by atoms with E-state index >= 15 is 0 Å². The Balaban J connectivity index is 1.59. The van der Waals surface area contributed by atoms with E-state index in [0.29, 0.717) is 13.2 Å². The van der Waals surface area contributed by atoms with Crippen LogP contribution in [0.4, 0.5) is 0 Å². The van der Waals surface area contributed by atoms with Crippen LogP contribution in [0.15, 0.2) is 35.7 Å². The molecule has 1 aromatic heterocycles. The van der Waals surface area contributed by atoms with Crippen molar-refractivity contribution in [1.82, 2.24) is 5.32 Å². The summed E-state index contributed by atoms with van der Waals surface area (Å²) in [4.78, 5) is 1.35. The van der Waals surface area contributed by atoms with Crippen molar-refractivity contribution in [2.24, 2.45) is 0 Å². The number of nitrogens with one attached hydrogen (secondary N) is 1. The summed E-state index contributed by atoms with van der Waals surface area (Å²) in [5.41, 5.74) is 1.22. The average Bonchev–Trinajstić information content (AvgIpc) is 2.92. The predicted octanol–water partition coefficient (Wildman–Crippen LogP) is 2.81. The molecule has 0 amide bonds. The Bertz CT molecular complexity index is 511. The fourth-order valence-corrected chi connectivity index (χ4v) is 2.62. The number of ether oxygens (including phenoxy) is 2. The minimum Gasteiger partial charge on any atom is -0.486 e. The third-order valence-corrected chi connectivity index (χ3v) is 3.69. The summed E-state index contributed by atoms with van der Waals surface area (Å²) in [6.07, 6.45) is 0. The summed E-state index contributed by atoms with van der Waals surface area (Å²) < 4.78 is 11.1. The molecule has 2 heterocycles. The average molecular weight is 261 g/mol. The van der Waals surface area contributed by atoms with Gasteiger partial charge in [-0.05, 0) is 29.1 Å². The minimum absolute atomic E-state index is 0.638. The van der Waals surface area contributed by atoms with Gasteiger partial charge in [-0.15, -0.1) is 11.3 Å². The molecule has 0 bridgehead atoms. The molecule has 2 aromatic rings. The molecule has 0 spiro atoms. The number of benzene rings is 1. The highest BCUT2D eigenvalue weighted by atomic mass is 32.1. The molecule has 4 heteroatoms. The van der Waals surface area contributed by atoms with Crippen molar-refractivity contribution in [3.8, 4) is 11.5 Å². The van der Waals surface area contributed by atoms with Crippen LogP contribution in [0.25, 0.3) is 0 Å². The van der Waals surface area contributed by atoms with Gasteiger partial charge in [-0.3, -0.25) is 0 Å². The van der Waals surface area contributed by atoms with E-state index in [2.05, 4.69) is 35.0 Å². The van der Waals surface area contributed by atoms with E-state index < -0.39 is 0 Å². The molecule has 1 aliphatic heterocycles. The predicted molar refractivity (Wildman–Crippen MR) is 72.3 cm³/mol. The van der Waals surface area contributed by atoms with Crippen molar-refractivity contribution in [3.63, 3.8) is 0 Å². The maximum Gasteiger partial charge on any atom is 0.161 e. The van der Waals surface area contributed by atoms with Gasteiger partial charge in [-0.2, -0.15) is 0 Å². The number of rotatable bonds is 4. The molecule has 3 rings (SSSR count). The molecular formula is C14H15NO2S. The lowest BCUT2D eigenvalue weighted by atomic mass is 10.2. The van der Waals surface area contributed by atoms with Crippen molar-refractivity contribution in [2.75, 3.05) is 13.2 Å². The lowest BCUT2D eigenvalue weighted by Gasteiger charge is -2.18. The van der Waals surface area contributed by atoms with E-state index in [4.69, 9.17) is 9.47 Å². The molecule has 0 saturated carbocycles. The highest BCUT2D eigenvalue weighted by Gasteiger charge is 2.11. The first-order valence-electron chi connectivity index (χ1n) is 6.03. The lowest BCUT2D eigenvalue weighted by molar-refractivity contribution is 0.171. The Morgan fingerprint density at radius 2 is 1.94 bits per heavy atom. The molecule has 1 aromatic carbocycles. The molecule has 0 saturated heterocycles. The topological polar surface area (TPSA) is 30.5 Å². The van der Waals surface area contributed by atoms with Crippen LogP contribution in [0.5, 0.6) is 11.5 Å². The summed E-state index contributed by atoms with van der Waals surface area (Å²) in [5, 5.41) is 5.52. The van der Waals surface area contributed by atoms with Gasteiger partial charge < -0.3 is 14.8 Å². The van der Waals surface area contributed by atoms with E-state index in [0.717, 1.165) is 24.6 Å². The normalized spacial score (nSPS) is 13.6. The van der Waals surface area contributed by atoms with Crippen LogP contribution >= 0.6 is 11.3 Å². The molecule has 18 heavy (non-hydrogen) atoms. The van der Waals surface area contributed by atoms with Crippen molar-refractivity contribution in [2.45, 2.75) is 13.1 Å². The van der Waals surface area contributed by atoms with Crippen LogP contribution in [0.3, 0.4) is 0 Å². The van der Waals surface area contributed by atoms with Gasteiger partial charge in [0.05, 0.1) is 0 Å². The smallest absolute Gasteiger partial charge is 0.161 e. The van der Waals surface area contributed by atoms with E-state index in [9.17, 15) is 0 Å². The van der Waals surface area contributed by atoms with Gasteiger partial charge >= 0.3 is 0 Å². The van der Waals surface area contributed by atoms with E-state index in [1.54, 1.807) is 11.3 Å². The molecule has 0 fully saturated rings. The third kappa shape index (κ3) is 2.66. The van der Waals surface area contributed by atoms with Crippen molar-refractivity contribution in [3.05, 3.63) is 46.2 Å². The van der Waals surface area contributed by atoms with Crippen molar-refractivity contribution >= 4 is 11.3 Å². The van der Waals surface area contributed by atoms with Gasteiger partial charge in [0.2, 0.25) is 0 Å². The first kappa shape index (κ1) is 11.6. The highest BCUT2D eigenvalue weighted by Crippen LogP contribution is 2.30. The number of thiophene rings is 1. The molecule has 0 aliphatic carbocycles. The molecule has 1 N–H and O–H groups in total. The number of fused-ring (bicyclic) bond motifs is 1. The third-order valence-electron chi connectivity index (χ3n) is 2.82. The second-order valence-electron chi connectivity index (χ2n) is 4.16. The molecule has 0 unspecified atom stereocenters. The fourth-order valence-electron chi connectivity index (χ4n) is 1.94. The first-order chi connectivity index (χ1) is 8.92. The van der Waals surface area contributed by atoms with Gasteiger partial charge in [0, 0.05) is 18.0 Å². The Kier molecular flexibility index (Phi) is 3.48. The van der Waals surface area contributed by atoms with Crippen LogP contribution in [-0.4, -0.2) is 13.2 Å². The van der Waals surface area contributed by atoms with Crippen LogP contribution in [-0.2, 0) is 13.1 Å². The monoisotopic (exact) mass is 261 g/mol. The molecule has 3 nitrogen and oxygen atoms in total. The van der Waals surface area contributed by atoms with E-state index in [1.807, 2.05) is 6.07 Å². The number of hydrogen-bond donors (Lipinski definition) is 1. The summed E-state index contributed by atoms with van der Waals surface area (Å²) in [7, 11) is 0. The Hall–Kier alpha value is -1.52. The standard InChI is InChI=1S/C14H15NO2S/c1-2-12(18-7-1)10-15-9-11-3-4-13-14(8-11)17-6-5-16-13/h1-4,7-8,15H,5-6,9-10H2. The molecule has 94 valence electrons. The second kappa shape index (κ2) is 5.42. The maximum absolute atomic E-state index is 5.57. The van der Waals surface area contributed by atoms with Crippen LogP contribution in [0, 0.1) is 0 Å². The maximum atomic E-state index is 5.57. The van der Waals surface area contributed by atoms with E-state index in [1.165, 1.54) is 10.4 Å². The van der Waals surface area contributed by atoms with Gasteiger partial charge in [0.15, 0.2) is 11.5 Å². The molecule has 0 radical (unpaired) electrons. The summed E-state index contributed by atoms with van der Waals surface area (Å²) >= 11 is 1.77. The van der Waals surface area contributed by atoms with E-state index in [-0.39, 0.29) is 0 Å². The highest BCUT2D eigenvalue weighted by molar-refractivity contribution is 7.09. The summed E-state index contributed by atoms with van der Waals surface area (Å²) in [5.74, 6) is 1.71. The van der Waals surface area contributed by atoms with Crippen molar-refractivity contribution in [1.29, 1.82) is 0 Å². The second-order valence-corrected chi connectivity index (χ2v) is 5.19. The Labute approximate surface area is 110 Å². The first-order valence-corrected chi connectivity index (χ1v) is 6.91. The zero-order chi connectivity index (χ0) is 12.2. The summed E-state index contributed by atoms with van der Waals surface area (Å²) in [6.45, 7) is 3.03.